The van der Waals surface area contributed by atoms with Crippen molar-refractivity contribution in [1.82, 2.24) is 20.4 Å². The van der Waals surface area contributed by atoms with E-state index in [-0.39, 0.29) is 11.9 Å². The SMILES string of the molecule is CCNC(=O)NC(=O)C(C)N1CCN(C(C)CN)CC1. The van der Waals surface area contributed by atoms with Crippen LogP contribution in [0.5, 0.6) is 0 Å². The third kappa shape index (κ3) is 4.73. The zero-order valence-corrected chi connectivity index (χ0v) is 12.7. The molecule has 0 aromatic carbocycles. The summed E-state index contributed by atoms with van der Waals surface area (Å²) in [6.07, 6.45) is 0. The zero-order chi connectivity index (χ0) is 15.1. The van der Waals surface area contributed by atoms with Crippen molar-refractivity contribution in [3.63, 3.8) is 0 Å². The van der Waals surface area contributed by atoms with Crippen molar-refractivity contribution in [3.8, 4) is 0 Å². The van der Waals surface area contributed by atoms with Gasteiger partial charge in [-0.3, -0.25) is 19.9 Å². The molecule has 116 valence electrons. The van der Waals surface area contributed by atoms with Crippen molar-refractivity contribution in [2.45, 2.75) is 32.9 Å². The normalized spacial score (nSPS) is 20.2. The first-order valence-electron chi connectivity index (χ1n) is 7.26. The molecule has 1 fully saturated rings. The van der Waals surface area contributed by atoms with Gasteiger partial charge in [-0.05, 0) is 20.8 Å². The average Bonchev–Trinajstić information content (AvgIpc) is 2.46. The molecule has 4 N–H and O–H groups in total. The second kappa shape index (κ2) is 8.18. The predicted octanol–water partition coefficient (Wildman–Crippen LogP) is -0.815. The second-order valence-corrected chi connectivity index (χ2v) is 5.18. The summed E-state index contributed by atoms with van der Waals surface area (Å²) in [6, 6.07) is -0.357. The number of carbonyl (C=O) groups excluding carboxylic acids is 2. The molecule has 0 saturated carbocycles. The number of carbonyl (C=O) groups is 2. The van der Waals surface area contributed by atoms with Crippen LogP contribution < -0.4 is 16.4 Å². The number of hydrogen-bond donors (Lipinski definition) is 3. The third-order valence-electron chi connectivity index (χ3n) is 3.81. The minimum atomic E-state index is -0.431. The molecule has 0 spiro atoms. The van der Waals surface area contributed by atoms with E-state index in [1.165, 1.54) is 0 Å². The molecule has 7 nitrogen and oxygen atoms in total. The Labute approximate surface area is 120 Å². The Kier molecular flexibility index (Phi) is 6.90. The van der Waals surface area contributed by atoms with Crippen molar-refractivity contribution in [3.05, 3.63) is 0 Å². The van der Waals surface area contributed by atoms with E-state index < -0.39 is 6.03 Å². The standard InChI is InChI=1S/C13H27N5O2/c1-4-15-13(20)16-12(19)11(3)18-7-5-17(6-8-18)10(2)9-14/h10-11H,4-9,14H2,1-3H3,(H2,15,16,19,20). The lowest BCUT2D eigenvalue weighted by Gasteiger charge is -2.39. The van der Waals surface area contributed by atoms with E-state index in [1.54, 1.807) is 0 Å². The minimum Gasteiger partial charge on any atom is -0.338 e. The lowest BCUT2D eigenvalue weighted by molar-refractivity contribution is -0.125. The Balaban J connectivity index is 2.40. The lowest BCUT2D eigenvalue weighted by Crippen LogP contribution is -2.57. The van der Waals surface area contributed by atoms with Gasteiger partial charge in [0.2, 0.25) is 5.91 Å². The maximum atomic E-state index is 12.0. The van der Waals surface area contributed by atoms with E-state index in [9.17, 15) is 9.59 Å². The molecular formula is C13H27N5O2. The fourth-order valence-electron chi connectivity index (χ4n) is 2.30. The van der Waals surface area contributed by atoms with Crippen LogP contribution in [0.3, 0.4) is 0 Å². The van der Waals surface area contributed by atoms with E-state index in [4.69, 9.17) is 5.73 Å². The van der Waals surface area contributed by atoms with Gasteiger partial charge < -0.3 is 11.1 Å². The number of nitrogens with one attached hydrogen (secondary N) is 2. The Hall–Kier alpha value is -1.18. The number of nitrogens with zero attached hydrogens (tertiary/aromatic N) is 2. The number of hydrogen-bond acceptors (Lipinski definition) is 5. The maximum Gasteiger partial charge on any atom is 0.321 e. The molecule has 1 aliphatic rings. The van der Waals surface area contributed by atoms with Crippen LogP contribution in [0.2, 0.25) is 0 Å². The van der Waals surface area contributed by atoms with Gasteiger partial charge in [-0.1, -0.05) is 0 Å². The molecule has 0 bridgehead atoms. The summed E-state index contributed by atoms with van der Waals surface area (Å²) in [5, 5.41) is 4.91. The molecule has 0 aliphatic carbocycles. The van der Waals surface area contributed by atoms with E-state index in [1.807, 2.05) is 13.8 Å². The van der Waals surface area contributed by atoms with Gasteiger partial charge in [0.1, 0.15) is 0 Å². The highest BCUT2D eigenvalue weighted by molar-refractivity contribution is 5.96. The Bertz CT molecular complexity index is 329. The van der Waals surface area contributed by atoms with Crippen molar-refractivity contribution < 1.29 is 9.59 Å². The summed E-state index contributed by atoms with van der Waals surface area (Å²) in [7, 11) is 0. The lowest BCUT2D eigenvalue weighted by atomic mass is 10.2. The summed E-state index contributed by atoms with van der Waals surface area (Å²) >= 11 is 0. The van der Waals surface area contributed by atoms with Crippen LogP contribution in [0.4, 0.5) is 4.79 Å². The number of urea groups is 1. The van der Waals surface area contributed by atoms with Gasteiger partial charge in [-0.25, -0.2) is 4.79 Å². The van der Waals surface area contributed by atoms with Gasteiger partial charge in [0.25, 0.3) is 0 Å². The topological polar surface area (TPSA) is 90.7 Å². The van der Waals surface area contributed by atoms with Gasteiger partial charge in [0.15, 0.2) is 0 Å². The van der Waals surface area contributed by atoms with Crippen LogP contribution in [0.15, 0.2) is 0 Å². The van der Waals surface area contributed by atoms with Crippen molar-refractivity contribution in [2.24, 2.45) is 5.73 Å². The fraction of sp³-hybridized carbons (Fsp3) is 0.846. The third-order valence-corrected chi connectivity index (χ3v) is 3.81. The van der Waals surface area contributed by atoms with Crippen LogP contribution in [0, 0.1) is 0 Å². The van der Waals surface area contributed by atoms with Gasteiger partial charge >= 0.3 is 6.03 Å². The van der Waals surface area contributed by atoms with E-state index in [0.29, 0.717) is 19.1 Å². The van der Waals surface area contributed by atoms with Crippen LogP contribution in [-0.4, -0.2) is 73.1 Å². The number of rotatable bonds is 5. The van der Waals surface area contributed by atoms with E-state index >= 15 is 0 Å². The Morgan fingerprint density at radius 3 is 2.20 bits per heavy atom. The number of piperazine rings is 1. The van der Waals surface area contributed by atoms with Gasteiger partial charge in [-0.2, -0.15) is 0 Å². The van der Waals surface area contributed by atoms with E-state index in [2.05, 4.69) is 27.4 Å². The van der Waals surface area contributed by atoms with Crippen molar-refractivity contribution in [1.29, 1.82) is 0 Å². The van der Waals surface area contributed by atoms with Crippen LogP contribution in [-0.2, 0) is 4.79 Å². The molecular weight excluding hydrogens is 258 g/mol. The van der Waals surface area contributed by atoms with Crippen molar-refractivity contribution in [2.75, 3.05) is 39.3 Å². The van der Waals surface area contributed by atoms with E-state index in [0.717, 1.165) is 26.2 Å². The quantitative estimate of drug-likeness (QED) is 0.614. The monoisotopic (exact) mass is 285 g/mol. The van der Waals surface area contributed by atoms with Crippen molar-refractivity contribution >= 4 is 11.9 Å². The molecule has 0 aromatic rings. The predicted molar refractivity (Wildman–Crippen MR) is 78.3 cm³/mol. The molecule has 1 heterocycles. The highest BCUT2D eigenvalue weighted by Gasteiger charge is 2.27. The first-order valence-corrected chi connectivity index (χ1v) is 7.26. The fourth-order valence-corrected chi connectivity index (χ4v) is 2.30. The summed E-state index contributed by atoms with van der Waals surface area (Å²) in [4.78, 5) is 27.7. The Morgan fingerprint density at radius 2 is 1.70 bits per heavy atom. The summed E-state index contributed by atoms with van der Waals surface area (Å²) in [5.74, 6) is -0.253. The average molecular weight is 285 g/mol. The molecule has 1 aliphatic heterocycles. The number of nitrogens with two attached hydrogens (primary N) is 1. The van der Waals surface area contributed by atoms with Gasteiger partial charge in [0.05, 0.1) is 6.04 Å². The molecule has 7 heteroatoms. The zero-order valence-electron chi connectivity index (χ0n) is 12.7. The smallest absolute Gasteiger partial charge is 0.321 e. The van der Waals surface area contributed by atoms with Crippen LogP contribution in [0.25, 0.3) is 0 Å². The van der Waals surface area contributed by atoms with Crippen LogP contribution in [0.1, 0.15) is 20.8 Å². The molecule has 0 radical (unpaired) electrons. The first-order chi connectivity index (χ1) is 9.49. The summed E-state index contributed by atoms with van der Waals surface area (Å²) in [6.45, 7) is 10.3. The minimum absolute atomic E-state index is 0.253. The number of imide groups is 1. The van der Waals surface area contributed by atoms with Crippen LogP contribution >= 0.6 is 0 Å². The molecule has 2 atom stereocenters. The number of amides is 3. The van der Waals surface area contributed by atoms with Gasteiger partial charge in [-0.15, -0.1) is 0 Å². The maximum absolute atomic E-state index is 12.0. The highest BCUT2D eigenvalue weighted by atomic mass is 16.2. The Morgan fingerprint density at radius 1 is 1.15 bits per heavy atom. The molecule has 0 aromatic heterocycles. The molecule has 1 rings (SSSR count). The molecule has 2 unspecified atom stereocenters. The molecule has 20 heavy (non-hydrogen) atoms. The molecule has 3 amide bonds. The highest BCUT2D eigenvalue weighted by Crippen LogP contribution is 2.09. The largest absolute Gasteiger partial charge is 0.338 e. The van der Waals surface area contributed by atoms with Gasteiger partial charge in [0, 0.05) is 45.3 Å². The summed E-state index contributed by atoms with van der Waals surface area (Å²) in [5.41, 5.74) is 5.67. The summed E-state index contributed by atoms with van der Waals surface area (Å²) < 4.78 is 0. The first kappa shape index (κ1) is 16.9. The molecule has 1 saturated heterocycles. The second-order valence-electron chi connectivity index (χ2n) is 5.18.